The van der Waals surface area contributed by atoms with E-state index in [1.165, 1.54) is 6.92 Å². The third kappa shape index (κ3) is 3.97. The van der Waals surface area contributed by atoms with Crippen LogP contribution in [0, 0.1) is 5.92 Å². The maximum Gasteiger partial charge on any atom is 0.302 e. The van der Waals surface area contributed by atoms with Crippen LogP contribution in [0.4, 0.5) is 0 Å². The number of hydrogen-bond acceptors (Lipinski definition) is 7. The standard InChI is InChI=1S/C19H30O7/c1-7-13(10-21-12(2)20)8-9-19-16(25-18(5,6)26-19)15-14(11-22-19)23-17(3,4)24-15/h8-9,13-16H,7,10-11H2,1-6H3/b9-8+/t13-,14+,15+,16-,19-/m0/s1. The summed E-state index contributed by atoms with van der Waals surface area (Å²) < 4.78 is 35.5. The summed E-state index contributed by atoms with van der Waals surface area (Å²) in [7, 11) is 0. The van der Waals surface area contributed by atoms with Crippen LogP contribution in [-0.2, 0) is 33.2 Å². The minimum Gasteiger partial charge on any atom is -0.465 e. The van der Waals surface area contributed by atoms with Gasteiger partial charge in [0.15, 0.2) is 11.6 Å². The maximum absolute atomic E-state index is 11.1. The van der Waals surface area contributed by atoms with Crippen molar-refractivity contribution in [1.29, 1.82) is 0 Å². The van der Waals surface area contributed by atoms with Gasteiger partial charge in [-0.25, -0.2) is 0 Å². The van der Waals surface area contributed by atoms with E-state index in [0.717, 1.165) is 6.42 Å². The van der Waals surface area contributed by atoms with Gasteiger partial charge < -0.3 is 28.4 Å². The molecule has 26 heavy (non-hydrogen) atoms. The molecule has 3 saturated heterocycles. The fourth-order valence-electron chi connectivity index (χ4n) is 3.70. The SMILES string of the molecule is CC[C@@H](/C=C/[C@@]12OC[C@H]3OC(C)(C)O[C@H]3[C@@H]1OC(C)(C)O2)COC(C)=O. The molecule has 0 amide bonds. The van der Waals surface area contributed by atoms with Crippen LogP contribution >= 0.6 is 0 Å². The van der Waals surface area contributed by atoms with Gasteiger partial charge in [0.25, 0.3) is 0 Å². The number of carbonyl (C=O) groups is 1. The monoisotopic (exact) mass is 370 g/mol. The lowest BCUT2D eigenvalue weighted by Gasteiger charge is -2.39. The van der Waals surface area contributed by atoms with Crippen molar-refractivity contribution >= 4 is 5.97 Å². The highest BCUT2D eigenvalue weighted by molar-refractivity contribution is 5.65. The van der Waals surface area contributed by atoms with Crippen LogP contribution in [0.15, 0.2) is 12.2 Å². The van der Waals surface area contributed by atoms with Crippen LogP contribution in [-0.4, -0.2) is 54.9 Å². The first-order chi connectivity index (χ1) is 12.1. The molecule has 0 aromatic rings. The second kappa shape index (κ2) is 6.87. The molecule has 3 heterocycles. The van der Waals surface area contributed by atoms with Crippen LogP contribution in [0.1, 0.15) is 48.0 Å². The molecule has 0 spiro atoms. The summed E-state index contributed by atoms with van der Waals surface area (Å²) >= 11 is 0. The molecule has 0 aromatic heterocycles. The minimum absolute atomic E-state index is 0.0692. The second-order valence-electron chi connectivity index (χ2n) is 8.04. The third-order valence-corrected chi connectivity index (χ3v) is 4.83. The first kappa shape index (κ1) is 19.8. The van der Waals surface area contributed by atoms with Crippen molar-refractivity contribution in [1.82, 2.24) is 0 Å². The van der Waals surface area contributed by atoms with Crippen molar-refractivity contribution in [3.05, 3.63) is 12.2 Å². The van der Waals surface area contributed by atoms with Gasteiger partial charge in [-0.2, -0.15) is 0 Å². The predicted octanol–water partition coefficient (Wildman–Crippen LogP) is 2.53. The van der Waals surface area contributed by atoms with E-state index in [1.807, 2.05) is 46.8 Å². The van der Waals surface area contributed by atoms with Gasteiger partial charge in [0.2, 0.25) is 5.79 Å². The predicted molar refractivity (Wildman–Crippen MR) is 92.1 cm³/mol. The fourth-order valence-corrected chi connectivity index (χ4v) is 3.70. The van der Waals surface area contributed by atoms with Gasteiger partial charge in [-0.15, -0.1) is 0 Å². The summed E-state index contributed by atoms with van der Waals surface area (Å²) in [6.45, 7) is 11.6. The summed E-state index contributed by atoms with van der Waals surface area (Å²) in [6, 6.07) is 0. The van der Waals surface area contributed by atoms with Crippen LogP contribution in [0.2, 0.25) is 0 Å². The Morgan fingerprint density at radius 3 is 2.58 bits per heavy atom. The van der Waals surface area contributed by atoms with Crippen LogP contribution < -0.4 is 0 Å². The molecule has 0 aliphatic carbocycles. The maximum atomic E-state index is 11.1. The molecule has 3 fully saturated rings. The Labute approximate surface area is 154 Å². The normalized spacial score (nSPS) is 38.8. The second-order valence-corrected chi connectivity index (χ2v) is 8.04. The fraction of sp³-hybridized carbons (Fsp3) is 0.842. The van der Waals surface area contributed by atoms with Gasteiger partial charge in [-0.05, 0) is 40.2 Å². The van der Waals surface area contributed by atoms with Gasteiger partial charge in [-0.3, -0.25) is 4.79 Å². The first-order valence-corrected chi connectivity index (χ1v) is 9.26. The summed E-state index contributed by atoms with van der Waals surface area (Å²) in [5, 5.41) is 0. The first-order valence-electron chi connectivity index (χ1n) is 9.26. The minimum atomic E-state index is -1.04. The Hall–Kier alpha value is -0.990. The zero-order chi connectivity index (χ0) is 19.2. The molecule has 7 nitrogen and oxygen atoms in total. The van der Waals surface area contributed by atoms with Gasteiger partial charge in [0.05, 0.1) is 13.2 Å². The summed E-state index contributed by atoms with van der Waals surface area (Å²) in [6.07, 6.45) is 3.76. The number of esters is 1. The van der Waals surface area contributed by atoms with E-state index in [1.54, 1.807) is 0 Å². The van der Waals surface area contributed by atoms with Gasteiger partial charge >= 0.3 is 5.97 Å². The Bertz CT molecular complexity index is 570. The van der Waals surface area contributed by atoms with Crippen LogP contribution in [0.3, 0.4) is 0 Å². The van der Waals surface area contributed by atoms with Crippen LogP contribution in [0.25, 0.3) is 0 Å². The molecule has 3 aliphatic heterocycles. The molecule has 0 N–H and O–H groups in total. The summed E-state index contributed by atoms with van der Waals surface area (Å²) in [5.74, 6) is -2.75. The molecular formula is C19H30O7. The van der Waals surface area contributed by atoms with E-state index in [0.29, 0.717) is 13.2 Å². The summed E-state index contributed by atoms with van der Waals surface area (Å²) in [5.41, 5.74) is 0. The van der Waals surface area contributed by atoms with E-state index in [4.69, 9.17) is 28.4 Å². The van der Waals surface area contributed by atoms with E-state index in [2.05, 4.69) is 0 Å². The number of rotatable bonds is 5. The molecule has 0 radical (unpaired) electrons. The molecule has 0 saturated carbocycles. The van der Waals surface area contributed by atoms with Crippen molar-refractivity contribution in [2.24, 2.45) is 5.92 Å². The average molecular weight is 370 g/mol. The largest absolute Gasteiger partial charge is 0.465 e. The topological polar surface area (TPSA) is 72.5 Å². The van der Waals surface area contributed by atoms with Crippen molar-refractivity contribution in [3.8, 4) is 0 Å². The zero-order valence-corrected chi connectivity index (χ0v) is 16.4. The number of ether oxygens (including phenoxy) is 6. The number of hydrogen-bond donors (Lipinski definition) is 0. The van der Waals surface area contributed by atoms with E-state index < -0.39 is 23.5 Å². The number of carbonyl (C=O) groups excluding carboxylic acids is 1. The molecule has 3 aliphatic rings. The van der Waals surface area contributed by atoms with Crippen molar-refractivity contribution in [2.75, 3.05) is 13.2 Å². The van der Waals surface area contributed by atoms with Gasteiger partial charge in [0.1, 0.15) is 18.3 Å². The molecular weight excluding hydrogens is 340 g/mol. The molecule has 7 heteroatoms. The zero-order valence-electron chi connectivity index (χ0n) is 16.4. The highest BCUT2D eigenvalue weighted by Crippen LogP contribution is 2.48. The lowest BCUT2D eigenvalue weighted by molar-refractivity contribution is -0.253. The van der Waals surface area contributed by atoms with Gasteiger partial charge in [-0.1, -0.05) is 13.0 Å². The van der Waals surface area contributed by atoms with E-state index >= 15 is 0 Å². The van der Waals surface area contributed by atoms with Crippen molar-refractivity contribution < 1.29 is 33.2 Å². The molecule has 0 aromatic carbocycles. The molecule has 3 rings (SSSR count). The molecule has 0 bridgehead atoms. The Morgan fingerprint density at radius 1 is 1.19 bits per heavy atom. The highest BCUT2D eigenvalue weighted by Gasteiger charge is 2.64. The molecule has 148 valence electrons. The quantitative estimate of drug-likeness (QED) is 0.544. The molecule has 5 atom stereocenters. The highest BCUT2D eigenvalue weighted by atomic mass is 16.9. The third-order valence-electron chi connectivity index (χ3n) is 4.83. The lowest BCUT2D eigenvalue weighted by atomic mass is 9.95. The summed E-state index contributed by atoms with van der Waals surface area (Å²) in [4.78, 5) is 11.1. The smallest absolute Gasteiger partial charge is 0.302 e. The van der Waals surface area contributed by atoms with Crippen molar-refractivity contribution in [2.45, 2.75) is 83.6 Å². The number of fused-ring (bicyclic) bond motifs is 3. The van der Waals surface area contributed by atoms with Crippen LogP contribution in [0.5, 0.6) is 0 Å². The Morgan fingerprint density at radius 2 is 1.92 bits per heavy atom. The van der Waals surface area contributed by atoms with E-state index in [9.17, 15) is 4.79 Å². The van der Waals surface area contributed by atoms with Gasteiger partial charge in [0, 0.05) is 12.8 Å². The lowest BCUT2D eigenvalue weighted by Crippen LogP contribution is -2.57. The Kier molecular flexibility index (Phi) is 5.22. The molecule has 0 unspecified atom stereocenters. The Balaban J connectivity index is 1.81. The average Bonchev–Trinajstić information content (AvgIpc) is 2.98. The van der Waals surface area contributed by atoms with Crippen molar-refractivity contribution in [3.63, 3.8) is 0 Å². The van der Waals surface area contributed by atoms with E-state index in [-0.39, 0.29) is 24.1 Å².